The van der Waals surface area contributed by atoms with Crippen molar-refractivity contribution in [2.24, 2.45) is 0 Å². The summed E-state index contributed by atoms with van der Waals surface area (Å²) in [4.78, 5) is 8.38. The Hall–Kier alpha value is -1.25. The number of rotatable bonds is 5. The standard InChI is InChI=1S/C13H18N6O.2ClH/c20-13(3-6-15-8-13)9-16-7-11-17-12(19-18-11)10-1-4-14-5-2-10;;/h1-2,4-5,15-16,20H,3,6-9H2,(H,17,18,19);2*1H. The molecule has 0 radical (unpaired) electrons. The topological polar surface area (TPSA) is 98.8 Å². The number of β-amino-alcohol motifs (C(OH)–C–C–N with tert-alkyl or cyclic N) is 1. The van der Waals surface area contributed by atoms with Gasteiger partial charge in [-0.15, -0.1) is 24.8 Å². The minimum atomic E-state index is -0.645. The SMILES string of the molecule is Cl.Cl.OC1(CNCc2nc(-c3ccncc3)n[nH]2)CCNC1. The predicted molar refractivity (Wildman–Crippen MR) is 88.3 cm³/mol. The quantitative estimate of drug-likeness (QED) is 0.630. The average molecular weight is 347 g/mol. The molecule has 0 amide bonds. The number of hydrogen-bond acceptors (Lipinski definition) is 6. The van der Waals surface area contributed by atoms with Crippen LogP contribution < -0.4 is 10.6 Å². The van der Waals surface area contributed by atoms with E-state index in [-0.39, 0.29) is 24.8 Å². The Morgan fingerprint density at radius 3 is 2.73 bits per heavy atom. The van der Waals surface area contributed by atoms with E-state index in [9.17, 15) is 5.11 Å². The van der Waals surface area contributed by atoms with E-state index in [1.165, 1.54) is 0 Å². The first kappa shape index (κ1) is 18.8. The molecule has 9 heteroatoms. The molecule has 4 N–H and O–H groups in total. The minimum absolute atomic E-state index is 0. The molecule has 1 atom stereocenters. The molecule has 122 valence electrons. The number of aromatic amines is 1. The fourth-order valence-electron chi connectivity index (χ4n) is 2.30. The maximum atomic E-state index is 10.2. The van der Waals surface area contributed by atoms with Crippen LogP contribution in [0.2, 0.25) is 0 Å². The molecule has 1 fully saturated rings. The second-order valence-corrected chi connectivity index (χ2v) is 5.10. The van der Waals surface area contributed by atoms with Crippen LogP contribution in [0.1, 0.15) is 12.2 Å². The van der Waals surface area contributed by atoms with Gasteiger partial charge in [0.1, 0.15) is 5.82 Å². The fraction of sp³-hybridized carbons (Fsp3) is 0.462. The highest BCUT2D eigenvalue weighted by Crippen LogP contribution is 2.14. The Bertz CT molecular complexity index is 559. The highest BCUT2D eigenvalue weighted by Gasteiger charge is 2.30. The van der Waals surface area contributed by atoms with Crippen LogP contribution in [0.5, 0.6) is 0 Å². The van der Waals surface area contributed by atoms with Crippen molar-refractivity contribution in [1.82, 2.24) is 30.8 Å². The molecule has 2 aromatic rings. The first-order valence-electron chi connectivity index (χ1n) is 6.71. The summed E-state index contributed by atoms with van der Waals surface area (Å²) in [5.41, 5.74) is 0.287. The van der Waals surface area contributed by atoms with E-state index < -0.39 is 5.60 Å². The molecule has 7 nitrogen and oxygen atoms in total. The normalized spacial score (nSPS) is 20.2. The fourth-order valence-corrected chi connectivity index (χ4v) is 2.30. The van der Waals surface area contributed by atoms with Crippen molar-refractivity contribution >= 4 is 24.8 Å². The highest BCUT2D eigenvalue weighted by atomic mass is 35.5. The van der Waals surface area contributed by atoms with Crippen molar-refractivity contribution in [2.45, 2.75) is 18.6 Å². The van der Waals surface area contributed by atoms with Crippen LogP contribution in [0.25, 0.3) is 11.4 Å². The Kier molecular flexibility index (Phi) is 7.18. The molecule has 0 bridgehead atoms. The lowest BCUT2D eigenvalue weighted by Crippen LogP contribution is -2.42. The van der Waals surface area contributed by atoms with Crippen molar-refractivity contribution in [3.8, 4) is 11.4 Å². The van der Waals surface area contributed by atoms with Gasteiger partial charge in [-0.2, -0.15) is 5.10 Å². The molecule has 0 saturated carbocycles. The Morgan fingerprint density at radius 2 is 2.05 bits per heavy atom. The van der Waals surface area contributed by atoms with Crippen LogP contribution in [0.3, 0.4) is 0 Å². The van der Waals surface area contributed by atoms with Crippen LogP contribution in [0, 0.1) is 0 Å². The minimum Gasteiger partial charge on any atom is -0.387 e. The van der Waals surface area contributed by atoms with E-state index in [4.69, 9.17) is 0 Å². The monoisotopic (exact) mass is 346 g/mol. The summed E-state index contributed by atoms with van der Waals surface area (Å²) >= 11 is 0. The third kappa shape index (κ3) is 4.62. The van der Waals surface area contributed by atoms with Gasteiger partial charge in [-0.1, -0.05) is 0 Å². The maximum Gasteiger partial charge on any atom is 0.181 e. The lowest BCUT2D eigenvalue weighted by atomic mass is 10.0. The summed E-state index contributed by atoms with van der Waals surface area (Å²) < 4.78 is 0. The highest BCUT2D eigenvalue weighted by molar-refractivity contribution is 5.85. The molecule has 3 heterocycles. The number of H-pyrrole nitrogens is 1. The van der Waals surface area contributed by atoms with Gasteiger partial charge in [0.05, 0.1) is 12.1 Å². The van der Waals surface area contributed by atoms with Crippen LogP contribution in [0.4, 0.5) is 0 Å². The van der Waals surface area contributed by atoms with Crippen LogP contribution in [-0.2, 0) is 6.54 Å². The number of nitrogens with zero attached hydrogens (tertiary/aromatic N) is 3. The lowest BCUT2D eigenvalue weighted by Gasteiger charge is -2.21. The van der Waals surface area contributed by atoms with Crippen LogP contribution in [0.15, 0.2) is 24.5 Å². The van der Waals surface area contributed by atoms with Crippen molar-refractivity contribution in [3.05, 3.63) is 30.4 Å². The van der Waals surface area contributed by atoms with Crippen molar-refractivity contribution < 1.29 is 5.11 Å². The van der Waals surface area contributed by atoms with Gasteiger partial charge in [-0.05, 0) is 25.1 Å². The molecule has 22 heavy (non-hydrogen) atoms. The molecule has 0 aromatic carbocycles. The third-order valence-electron chi connectivity index (χ3n) is 3.44. The van der Waals surface area contributed by atoms with E-state index >= 15 is 0 Å². The zero-order valence-electron chi connectivity index (χ0n) is 12.0. The summed E-state index contributed by atoms with van der Waals surface area (Å²) in [6, 6.07) is 3.74. The number of nitrogens with one attached hydrogen (secondary N) is 3. The van der Waals surface area contributed by atoms with Gasteiger partial charge in [0.25, 0.3) is 0 Å². The molecule has 3 rings (SSSR count). The molecule has 1 aliphatic heterocycles. The van der Waals surface area contributed by atoms with Crippen molar-refractivity contribution in [3.63, 3.8) is 0 Å². The van der Waals surface area contributed by atoms with Gasteiger partial charge in [0.15, 0.2) is 5.82 Å². The maximum absolute atomic E-state index is 10.2. The first-order valence-corrected chi connectivity index (χ1v) is 6.71. The second kappa shape index (κ2) is 8.40. The molecule has 1 saturated heterocycles. The molecule has 1 aliphatic rings. The third-order valence-corrected chi connectivity index (χ3v) is 3.44. The Labute approximate surface area is 141 Å². The van der Waals surface area contributed by atoms with Gasteiger partial charge in [-0.25, -0.2) is 4.98 Å². The summed E-state index contributed by atoms with van der Waals surface area (Å²) in [6.07, 6.45) is 4.21. The number of hydrogen-bond donors (Lipinski definition) is 4. The van der Waals surface area contributed by atoms with E-state index in [1.807, 2.05) is 12.1 Å². The van der Waals surface area contributed by atoms with E-state index in [0.29, 0.717) is 25.5 Å². The molecule has 0 aliphatic carbocycles. The van der Waals surface area contributed by atoms with E-state index in [2.05, 4.69) is 30.8 Å². The molecular weight excluding hydrogens is 327 g/mol. The van der Waals surface area contributed by atoms with Gasteiger partial charge >= 0.3 is 0 Å². The number of aliphatic hydroxyl groups is 1. The average Bonchev–Trinajstić information content (AvgIpc) is 3.10. The largest absolute Gasteiger partial charge is 0.387 e. The van der Waals surface area contributed by atoms with Crippen molar-refractivity contribution in [2.75, 3.05) is 19.6 Å². The number of pyridine rings is 1. The molecule has 2 aromatic heterocycles. The number of aromatic nitrogens is 4. The van der Waals surface area contributed by atoms with Gasteiger partial charge < -0.3 is 15.7 Å². The van der Waals surface area contributed by atoms with E-state index in [1.54, 1.807) is 12.4 Å². The Balaban J connectivity index is 0.00000121. The van der Waals surface area contributed by atoms with Crippen LogP contribution >= 0.6 is 24.8 Å². The van der Waals surface area contributed by atoms with Gasteiger partial charge in [-0.3, -0.25) is 10.1 Å². The van der Waals surface area contributed by atoms with Gasteiger partial charge in [0, 0.05) is 31.0 Å². The number of halogens is 2. The van der Waals surface area contributed by atoms with E-state index in [0.717, 1.165) is 24.4 Å². The smallest absolute Gasteiger partial charge is 0.181 e. The lowest BCUT2D eigenvalue weighted by molar-refractivity contribution is 0.0607. The Morgan fingerprint density at radius 1 is 1.27 bits per heavy atom. The zero-order valence-corrected chi connectivity index (χ0v) is 13.6. The molecule has 0 spiro atoms. The molecule has 1 unspecified atom stereocenters. The summed E-state index contributed by atoms with van der Waals surface area (Å²) in [5.74, 6) is 1.41. The van der Waals surface area contributed by atoms with Gasteiger partial charge in [0.2, 0.25) is 0 Å². The summed E-state index contributed by atoms with van der Waals surface area (Å²) in [7, 11) is 0. The van der Waals surface area contributed by atoms with Crippen molar-refractivity contribution in [1.29, 1.82) is 0 Å². The molecular formula is C13H20Cl2N6O. The summed E-state index contributed by atoms with van der Waals surface area (Å²) in [5, 5.41) is 23.6. The predicted octanol–water partition coefficient (Wildman–Crippen LogP) is 0.524. The zero-order chi connectivity index (χ0) is 13.8. The summed E-state index contributed by atoms with van der Waals surface area (Å²) in [6.45, 7) is 2.61. The first-order chi connectivity index (χ1) is 9.75. The second-order valence-electron chi connectivity index (χ2n) is 5.10. The van der Waals surface area contributed by atoms with Crippen LogP contribution in [-0.4, -0.2) is 50.5 Å².